The Balaban J connectivity index is 2.16. The average molecular weight is 193 g/mol. The molecule has 0 aliphatic heterocycles. The van der Waals surface area contributed by atoms with Crippen molar-refractivity contribution in [3.8, 4) is 12.3 Å². The minimum atomic E-state index is 0.523. The van der Waals surface area contributed by atoms with Gasteiger partial charge in [0.25, 0.3) is 0 Å². The lowest BCUT2D eigenvalue weighted by atomic mass is 9.81. The molecule has 0 saturated heterocycles. The van der Waals surface area contributed by atoms with E-state index >= 15 is 0 Å². The molecule has 0 aromatic rings. The second kappa shape index (κ2) is 6.09. The van der Waals surface area contributed by atoms with E-state index in [9.17, 15) is 0 Å². The molecule has 1 heteroatoms. The fourth-order valence-electron chi connectivity index (χ4n) is 2.16. The molecule has 0 spiro atoms. The normalized spacial score (nSPS) is 20.9. The third-order valence-corrected chi connectivity index (χ3v) is 3.29. The van der Waals surface area contributed by atoms with Crippen molar-refractivity contribution in [2.24, 2.45) is 5.92 Å². The highest BCUT2D eigenvalue weighted by atomic mass is 14.9. The number of rotatable bonds is 6. The molecule has 1 aliphatic rings. The summed E-state index contributed by atoms with van der Waals surface area (Å²) in [5, 5.41) is 3.62. The first-order valence-corrected chi connectivity index (χ1v) is 5.95. The summed E-state index contributed by atoms with van der Waals surface area (Å²) < 4.78 is 0. The van der Waals surface area contributed by atoms with Gasteiger partial charge in [-0.2, -0.15) is 0 Å². The van der Waals surface area contributed by atoms with E-state index in [1.807, 2.05) is 0 Å². The van der Waals surface area contributed by atoms with Crippen molar-refractivity contribution in [3.63, 3.8) is 0 Å². The lowest BCUT2D eigenvalue weighted by molar-refractivity contribution is 0.256. The highest BCUT2D eigenvalue weighted by Gasteiger charge is 2.20. The summed E-state index contributed by atoms with van der Waals surface area (Å²) in [7, 11) is 0. The van der Waals surface area contributed by atoms with E-state index in [2.05, 4.69) is 25.1 Å². The molecule has 2 unspecified atom stereocenters. The number of terminal acetylenes is 1. The van der Waals surface area contributed by atoms with Crippen LogP contribution < -0.4 is 5.32 Å². The van der Waals surface area contributed by atoms with Crippen LogP contribution in [0, 0.1) is 18.3 Å². The number of nitrogens with one attached hydrogen (secondary N) is 1. The van der Waals surface area contributed by atoms with E-state index < -0.39 is 0 Å². The Hall–Kier alpha value is -0.480. The van der Waals surface area contributed by atoms with Gasteiger partial charge in [0, 0.05) is 18.5 Å². The maximum atomic E-state index is 5.33. The van der Waals surface area contributed by atoms with Gasteiger partial charge in [0.2, 0.25) is 0 Å². The Morgan fingerprint density at radius 3 is 2.64 bits per heavy atom. The number of hydrogen-bond acceptors (Lipinski definition) is 1. The molecular weight excluding hydrogens is 170 g/mol. The fraction of sp³-hybridized carbons (Fsp3) is 0.846. The fourth-order valence-corrected chi connectivity index (χ4v) is 2.16. The van der Waals surface area contributed by atoms with Gasteiger partial charge >= 0.3 is 0 Å². The molecule has 1 rings (SSSR count). The monoisotopic (exact) mass is 193 g/mol. The molecule has 1 nitrogen and oxygen atoms in total. The van der Waals surface area contributed by atoms with Crippen LogP contribution in [-0.4, -0.2) is 12.1 Å². The third kappa shape index (κ3) is 3.72. The Morgan fingerprint density at radius 1 is 1.50 bits per heavy atom. The van der Waals surface area contributed by atoms with Gasteiger partial charge in [-0.05, 0) is 25.7 Å². The standard InChI is InChI=1S/C13H23N/c1-4-7-13(5-2)14-11(3)10-12-8-6-9-12/h1,11-14H,5-10H2,2-3H3. The maximum Gasteiger partial charge on any atom is 0.0240 e. The van der Waals surface area contributed by atoms with Crippen molar-refractivity contribution < 1.29 is 0 Å². The highest BCUT2D eigenvalue weighted by molar-refractivity contribution is 4.90. The molecule has 2 atom stereocenters. The van der Waals surface area contributed by atoms with Gasteiger partial charge in [0.15, 0.2) is 0 Å². The first-order chi connectivity index (χ1) is 6.76. The summed E-state index contributed by atoms with van der Waals surface area (Å²) >= 11 is 0. The van der Waals surface area contributed by atoms with Gasteiger partial charge in [-0.15, -0.1) is 12.3 Å². The molecule has 0 amide bonds. The summed E-state index contributed by atoms with van der Waals surface area (Å²) in [6.07, 6.45) is 13.0. The van der Waals surface area contributed by atoms with Crippen LogP contribution in [0.2, 0.25) is 0 Å². The molecule has 0 radical (unpaired) electrons. The molecule has 0 bridgehead atoms. The van der Waals surface area contributed by atoms with Crippen LogP contribution in [0.5, 0.6) is 0 Å². The third-order valence-electron chi connectivity index (χ3n) is 3.29. The first kappa shape index (κ1) is 11.6. The van der Waals surface area contributed by atoms with Crippen LogP contribution in [0.15, 0.2) is 0 Å². The molecule has 0 aromatic carbocycles. The summed E-state index contributed by atoms with van der Waals surface area (Å²) in [5.74, 6) is 3.73. The predicted octanol–water partition coefficient (Wildman–Crippen LogP) is 2.96. The van der Waals surface area contributed by atoms with Crippen LogP contribution in [-0.2, 0) is 0 Å². The zero-order valence-corrected chi connectivity index (χ0v) is 9.55. The molecule has 14 heavy (non-hydrogen) atoms. The lowest BCUT2D eigenvalue weighted by Crippen LogP contribution is -2.37. The molecular formula is C13H23N. The highest BCUT2D eigenvalue weighted by Crippen LogP contribution is 2.30. The van der Waals surface area contributed by atoms with Gasteiger partial charge < -0.3 is 5.32 Å². The Bertz CT molecular complexity index is 188. The number of hydrogen-bond donors (Lipinski definition) is 1. The quantitative estimate of drug-likeness (QED) is 0.639. The SMILES string of the molecule is C#CCC(CC)NC(C)CC1CCC1. The van der Waals surface area contributed by atoms with E-state index in [-0.39, 0.29) is 0 Å². The van der Waals surface area contributed by atoms with Crippen LogP contribution in [0.25, 0.3) is 0 Å². The van der Waals surface area contributed by atoms with Crippen molar-refractivity contribution in [2.45, 2.75) is 64.5 Å². The lowest BCUT2D eigenvalue weighted by Gasteiger charge is -2.30. The van der Waals surface area contributed by atoms with Crippen molar-refractivity contribution >= 4 is 0 Å². The summed E-state index contributed by atoms with van der Waals surface area (Å²) in [4.78, 5) is 0. The molecule has 1 aliphatic carbocycles. The molecule has 0 heterocycles. The zero-order valence-electron chi connectivity index (χ0n) is 9.55. The van der Waals surface area contributed by atoms with Gasteiger partial charge in [0.05, 0.1) is 0 Å². The molecule has 1 fully saturated rings. The van der Waals surface area contributed by atoms with Crippen LogP contribution in [0.3, 0.4) is 0 Å². The Kier molecular flexibility index (Phi) is 5.04. The second-order valence-corrected chi connectivity index (χ2v) is 4.61. The van der Waals surface area contributed by atoms with Crippen molar-refractivity contribution in [1.29, 1.82) is 0 Å². The molecule has 0 aromatic heterocycles. The maximum absolute atomic E-state index is 5.33. The van der Waals surface area contributed by atoms with Crippen LogP contribution in [0.4, 0.5) is 0 Å². The first-order valence-electron chi connectivity index (χ1n) is 5.95. The Morgan fingerprint density at radius 2 is 2.21 bits per heavy atom. The molecule has 1 saturated carbocycles. The average Bonchev–Trinajstić information content (AvgIpc) is 2.11. The van der Waals surface area contributed by atoms with E-state index in [0.29, 0.717) is 12.1 Å². The predicted molar refractivity (Wildman–Crippen MR) is 62.1 cm³/mol. The van der Waals surface area contributed by atoms with Gasteiger partial charge in [0.1, 0.15) is 0 Å². The summed E-state index contributed by atoms with van der Waals surface area (Å²) in [6.45, 7) is 4.49. The van der Waals surface area contributed by atoms with Crippen LogP contribution in [0.1, 0.15) is 52.4 Å². The molecule has 1 N–H and O–H groups in total. The zero-order chi connectivity index (χ0) is 10.4. The van der Waals surface area contributed by atoms with E-state index in [1.54, 1.807) is 0 Å². The minimum absolute atomic E-state index is 0.523. The summed E-state index contributed by atoms with van der Waals surface area (Å²) in [6, 6.07) is 1.16. The van der Waals surface area contributed by atoms with Crippen LogP contribution >= 0.6 is 0 Å². The summed E-state index contributed by atoms with van der Waals surface area (Å²) in [5.41, 5.74) is 0. The second-order valence-electron chi connectivity index (χ2n) is 4.61. The minimum Gasteiger partial charge on any atom is -0.311 e. The van der Waals surface area contributed by atoms with Crippen molar-refractivity contribution in [3.05, 3.63) is 0 Å². The van der Waals surface area contributed by atoms with E-state index in [1.165, 1.54) is 25.7 Å². The van der Waals surface area contributed by atoms with Gasteiger partial charge in [-0.1, -0.05) is 26.2 Å². The Labute approximate surface area is 88.7 Å². The topological polar surface area (TPSA) is 12.0 Å². The molecule has 80 valence electrons. The van der Waals surface area contributed by atoms with Gasteiger partial charge in [-0.3, -0.25) is 0 Å². The van der Waals surface area contributed by atoms with Crippen molar-refractivity contribution in [1.82, 2.24) is 5.32 Å². The van der Waals surface area contributed by atoms with E-state index in [0.717, 1.165) is 18.8 Å². The smallest absolute Gasteiger partial charge is 0.0240 e. The van der Waals surface area contributed by atoms with E-state index in [4.69, 9.17) is 6.42 Å². The largest absolute Gasteiger partial charge is 0.311 e. The van der Waals surface area contributed by atoms with Gasteiger partial charge in [-0.25, -0.2) is 0 Å². The van der Waals surface area contributed by atoms with Crippen molar-refractivity contribution in [2.75, 3.05) is 0 Å².